The Morgan fingerprint density at radius 2 is 2.18 bits per heavy atom. The van der Waals surface area contributed by atoms with Crippen LogP contribution in [0.2, 0.25) is 0 Å². The van der Waals surface area contributed by atoms with Gasteiger partial charge in [-0.2, -0.15) is 0 Å². The van der Waals surface area contributed by atoms with Crippen LogP contribution in [0.25, 0.3) is 10.9 Å². The van der Waals surface area contributed by atoms with Crippen LogP contribution >= 0.6 is 0 Å². The molecule has 0 saturated carbocycles. The van der Waals surface area contributed by atoms with E-state index < -0.39 is 0 Å². The van der Waals surface area contributed by atoms with E-state index in [2.05, 4.69) is 10.2 Å². The molecule has 2 aliphatic heterocycles. The Labute approximate surface area is 128 Å². The van der Waals surface area contributed by atoms with E-state index in [-0.39, 0.29) is 18.7 Å². The van der Waals surface area contributed by atoms with Gasteiger partial charge in [-0.3, -0.25) is 0 Å². The van der Waals surface area contributed by atoms with E-state index in [4.69, 9.17) is 4.98 Å². The summed E-state index contributed by atoms with van der Waals surface area (Å²) in [6.07, 6.45) is 0. The van der Waals surface area contributed by atoms with E-state index >= 15 is 0 Å². The molecule has 2 saturated heterocycles. The number of carbonyl (C=O) groups is 1. The molecule has 4 rings (SSSR count). The molecule has 2 aromatic rings. The SMILES string of the molecule is O=C1NCC2CN(c3nc4ccccc4cc3CO)CCN12. The maximum atomic E-state index is 11.7. The molecule has 0 spiro atoms. The minimum atomic E-state index is -0.0325. The fourth-order valence-electron chi connectivity index (χ4n) is 3.34. The third-order valence-electron chi connectivity index (χ3n) is 4.48. The smallest absolute Gasteiger partial charge is 0.317 e. The number of aliphatic hydroxyl groups excluding tert-OH is 1. The molecule has 6 heteroatoms. The topological polar surface area (TPSA) is 68.7 Å². The van der Waals surface area contributed by atoms with Gasteiger partial charge in [0.2, 0.25) is 0 Å². The van der Waals surface area contributed by atoms with Crippen LogP contribution in [0.5, 0.6) is 0 Å². The standard InChI is InChI=1S/C16H18N4O2/c21-10-12-7-11-3-1-2-4-14(11)18-15(12)19-5-6-20-13(9-19)8-17-16(20)22/h1-4,7,13,21H,5-6,8-10H2,(H,17,22). The van der Waals surface area contributed by atoms with Crippen molar-refractivity contribution in [3.63, 3.8) is 0 Å². The lowest BCUT2D eigenvalue weighted by Crippen LogP contribution is -2.52. The third-order valence-corrected chi connectivity index (χ3v) is 4.48. The highest BCUT2D eigenvalue weighted by Gasteiger charge is 2.36. The number of carbonyl (C=O) groups excluding carboxylic acids is 1. The highest BCUT2D eigenvalue weighted by molar-refractivity contribution is 5.82. The van der Waals surface area contributed by atoms with Crippen LogP contribution in [0.3, 0.4) is 0 Å². The van der Waals surface area contributed by atoms with Crippen molar-refractivity contribution in [1.29, 1.82) is 0 Å². The number of nitrogens with one attached hydrogen (secondary N) is 1. The summed E-state index contributed by atoms with van der Waals surface area (Å²) >= 11 is 0. The average Bonchev–Trinajstić information content (AvgIpc) is 2.94. The van der Waals surface area contributed by atoms with Crippen LogP contribution in [-0.2, 0) is 6.61 Å². The molecular formula is C16H18N4O2. The van der Waals surface area contributed by atoms with E-state index in [1.807, 2.05) is 35.2 Å². The Bertz CT molecular complexity index is 733. The number of hydrogen-bond acceptors (Lipinski definition) is 4. The molecule has 2 fully saturated rings. The second-order valence-electron chi connectivity index (χ2n) is 5.80. The Kier molecular flexibility index (Phi) is 3.11. The van der Waals surface area contributed by atoms with Crippen LogP contribution in [0.1, 0.15) is 5.56 Å². The van der Waals surface area contributed by atoms with Crippen molar-refractivity contribution in [2.75, 3.05) is 31.1 Å². The summed E-state index contributed by atoms with van der Waals surface area (Å²) in [5, 5.41) is 13.6. The average molecular weight is 298 g/mol. The molecule has 0 radical (unpaired) electrons. The van der Waals surface area contributed by atoms with E-state index in [9.17, 15) is 9.90 Å². The van der Waals surface area contributed by atoms with Gasteiger partial charge in [0.1, 0.15) is 5.82 Å². The van der Waals surface area contributed by atoms with Gasteiger partial charge in [0.05, 0.1) is 18.2 Å². The van der Waals surface area contributed by atoms with Crippen LogP contribution in [-0.4, -0.2) is 53.2 Å². The van der Waals surface area contributed by atoms with Gasteiger partial charge >= 0.3 is 6.03 Å². The predicted octanol–water partition coefficient (Wildman–Crippen LogP) is 0.941. The van der Waals surface area contributed by atoms with Crippen molar-refractivity contribution in [3.05, 3.63) is 35.9 Å². The van der Waals surface area contributed by atoms with Crippen molar-refractivity contribution in [3.8, 4) is 0 Å². The van der Waals surface area contributed by atoms with Gasteiger partial charge in [-0.25, -0.2) is 9.78 Å². The molecule has 1 unspecified atom stereocenters. The molecular weight excluding hydrogens is 280 g/mol. The zero-order valence-corrected chi connectivity index (χ0v) is 12.2. The Hall–Kier alpha value is -2.34. The van der Waals surface area contributed by atoms with Crippen molar-refractivity contribution in [1.82, 2.24) is 15.2 Å². The first-order valence-electron chi connectivity index (χ1n) is 7.55. The number of nitrogens with zero attached hydrogens (tertiary/aromatic N) is 3. The molecule has 2 N–H and O–H groups in total. The number of amides is 2. The molecule has 2 amide bonds. The lowest BCUT2D eigenvalue weighted by Gasteiger charge is -2.37. The number of piperazine rings is 1. The zero-order valence-electron chi connectivity index (χ0n) is 12.2. The minimum absolute atomic E-state index is 0.0264. The summed E-state index contributed by atoms with van der Waals surface area (Å²) in [5.41, 5.74) is 1.77. The molecule has 6 nitrogen and oxygen atoms in total. The van der Waals surface area contributed by atoms with Crippen molar-refractivity contribution >= 4 is 22.8 Å². The fraction of sp³-hybridized carbons (Fsp3) is 0.375. The number of anilines is 1. The number of aliphatic hydroxyl groups is 1. The molecule has 3 heterocycles. The number of aromatic nitrogens is 1. The van der Waals surface area contributed by atoms with Crippen LogP contribution in [0, 0.1) is 0 Å². The molecule has 0 bridgehead atoms. The number of benzene rings is 1. The van der Waals surface area contributed by atoms with E-state index in [1.165, 1.54) is 0 Å². The lowest BCUT2D eigenvalue weighted by molar-refractivity contribution is 0.197. The summed E-state index contributed by atoms with van der Waals surface area (Å²) in [4.78, 5) is 20.5. The second kappa shape index (κ2) is 5.14. The van der Waals surface area contributed by atoms with Crippen LogP contribution < -0.4 is 10.2 Å². The first-order valence-corrected chi connectivity index (χ1v) is 7.55. The number of pyridine rings is 1. The van der Waals surface area contributed by atoms with Gasteiger partial charge in [-0.05, 0) is 12.1 Å². The summed E-state index contributed by atoms with van der Waals surface area (Å²) in [6.45, 7) is 2.82. The lowest BCUT2D eigenvalue weighted by atomic mass is 10.1. The van der Waals surface area contributed by atoms with Gasteiger partial charge in [-0.15, -0.1) is 0 Å². The highest BCUT2D eigenvalue weighted by Crippen LogP contribution is 2.26. The number of hydrogen-bond donors (Lipinski definition) is 2. The minimum Gasteiger partial charge on any atom is -0.392 e. The van der Waals surface area contributed by atoms with Gasteiger partial charge in [0, 0.05) is 37.1 Å². The second-order valence-corrected chi connectivity index (χ2v) is 5.80. The quantitative estimate of drug-likeness (QED) is 0.866. The molecule has 1 aromatic carbocycles. The Morgan fingerprint density at radius 1 is 1.32 bits per heavy atom. The number of fused-ring (bicyclic) bond motifs is 2. The summed E-state index contributed by atoms with van der Waals surface area (Å²) < 4.78 is 0. The molecule has 2 aliphatic rings. The monoisotopic (exact) mass is 298 g/mol. The first-order chi connectivity index (χ1) is 10.8. The molecule has 114 valence electrons. The highest BCUT2D eigenvalue weighted by atomic mass is 16.3. The van der Waals surface area contributed by atoms with Crippen LogP contribution in [0.4, 0.5) is 10.6 Å². The molecule has 22 heavy (non-hydrogen) atoms. The predicted molar refractivity (Wildman–Crippen MR) is 83.8 cm³/mol. The maximum Gasteiger partial charge on any atom is 0.317 e. The zero-order chi connectivity index (χ0) is 15.1. The van der Waals surface area contributed by atoms with E-state index in [0.717, 1.165) is 35.4 Å². The number of rotatable bonds is 2. The molecule has 1 atom stereocenters. The first kappa shape index (κ1) is 13.3. The Balaban J connectivity index is 1.70. The van der Waals surface area contributed by atoms with Gasteiger partial charge in [0.15, 0.2) is 0 Å². The number of para-hydroxylation sites is 1. The van der Waals surface area contributed by atoms with Crippen molar-refractivity contribution < 1.29 is 9.90 Å². The largest absolute Gasteiger partial charge is 0.392 e. The molecule has 1 aromatic heterocycles. The van der Waals surface area contributed by atoms with E-state index in [1.54, 1.807) is 0 Å². The van der Waals surface area contributed by atoms with Crippen molar-refractivity contribution in [2.24, 2.45) is 0 Å². The normalized spacial score (nSPS) is 21.1. The Morgan fingerprint density at radius 3 is 3.05 bits per heavy atom. The van der Waals surface area contributed by atoms with E-state index in [0.29, 0.717) is 13.1 Å². The van der Waals surface area contributed by atoms with Gasteiger partial charge < -0.3 is 20.2 Å². The van der Waals surface area contributed by atoms with Crippen molar-refractivity contribution in [2.45, 2.75) is 12.6 Å². The van der Waals surface area contributed by atoms with Gasteiger partial charge in [0.25, 0.3) is 0 Å². The number of urea groups is 1. The fourth-order valence-corrected chi connectivity index (χ4v) is 3.34. The van der Waals surface area contributed by atoms with Crippen LogP contribution in [0.15, 0.2) is 30.3 Å². The summed E-state index contributed by atoms with van der Waals surface area (Å²) in [6, 6.07) is 10.1. The third kappa shape index (κ3) is 2.07. The maximum absolute atomic E-state index is 11.7. The van der Waals surface area contributed by atoms with Gasteiger partial charge in [-0.1, -0.05) is 18.2 Å². The summed E-state index contributed by atoms with van der Waals surface area (Å²) in [7, 11) is 0. The molecule has 0 aliphatic carbocycles. The summed E-state index contributed by atoms with van der Waals surface area (Å²) in [5.74, 6) is 0.834.